The van der Waals surface area contributed by atoms with E-state index in [9.17, 15) is 5.11 Å². The molecule has 0 aliphatic rings. The Labute approximate surface area is 101 Å². The largest absolute Gasteiger partial charge is 0.388 e. The number of hydrogen-bond acceptors (Lipinski definition) is 3. The summed E-state index contributed by atoms with van der Waals surface area (Å²) in [4.78, 5) is 4.01. The normalized spacial score (nSPS) is 12.6. The minimum atomic E-state index is -0.524. The highest BCUT2D eigenvalue weighted by Crippen LogP contribution is 2.17. The summed E-state index contributed by atoms with van der Waals surface area (Å²) in [5, 5.41) is 14.5. The summed E-state index contributed by atoms with van der Waals surface area (Å²) in [5.74, 6) is 0. The minimum Gasteiger partial charge on any atom is -0.388 e. The SMILES string of the molecule is CCc1cc(CC(O)c2cccnc2)n(C)n1. The quantitative estimate of drug-likeness (QED) is 0.870. The summed E-state index contributed by atoms with van der Waals surface area (Å²) < 4.78 is 1.83. The van der Waals surface area contributed by atoms with Gasteiger partial charge in [0.15, 0.2) is 0 Å². The number of rotatable bonds is 4. The monoisotopic (exact) mass is 231 g/mol. The number of pyridine rings is 1. The maximum Gasteiger partial charge on any atom is 0.0860 e. The smallest absolute Gasteiger partial charge is 0.0860 e. The molecule has 0 aromatic carbocycles. The lowest BCUT2D eigenvalue weighted by atomic mass is 10.1. The molecule has 0 saturated heterocycles. The van der Waals surface area contributed by atoms with Crippen LogP contribution in [0.1, 0.15) is 30.0 Å². The van der Waals surface area contributed by atoms with Gasteiger partial charge in [0.25, 0.3) is 0 Å². The van der Waals surface area contributed by atoms with Gasteiger partial charge < -0.3 is 5.11 Å². The zero-order valence-electron chi connectivity index (χ0n) is 10.2. The molecule has 2 aromatic rings. The fourth-order valence-electron chi connectivity index (χ4n) is 1.82. The third kappa shape index (κ3) is 2.71. The highest BCUT2D eigenvalue weighted by atomic mass is 16.3. The predicted octanol–water partition coefficient (Wildman–Crippen LogP) is 1.65. The van der Waals surface area contributed by atoms with E-state index in [0.717, 1.165) is 23.4 Å². The Morgan fingerprint density at radius 1 is 1.47 bits per heavy atom. The van der Waals surface area contributed by atoms with Crippen LogP contribution >= 0.6 is 0 Å². The van der Waals surface area contributed by atoms with Crippen molar-refractivity contribution >= 4 is 0 Å². The molecule has 0 saturated carbocycles. The maximum atomic E-state index is 10.1. The van der Waals surface area contributed by atoms with Crippen LogP contribution in [0.25, 0.3) is 0 Å². The topological polar surface area (TPSA) is 50.9 Å². The molecule has 2 rings (SSSR count). The molecule has 2 aromatic heterocycles. The Bertz CT molecular complexity index is 479. The van der Waals surface area contributed by atoms with Crippen molar-refractivity contribution in [2.75, 3.05) is 0 Å². The van der Waals surface area contributed by atoms with Crippen LogP contribution in [0.2, 0.25) is 0 Å². The second kappa shape index (κ2) is 5.10. The second-order valence-electron chi connectivity index (χ2n) is 4.11. The van der Waals surface area contributed by atoms with Crippen molar-refractivity contribution in [1.82, 2.24) is 14.8 Å². The van der Waals surface area contributed by atoms with Gasteiger partial charge in [-0.1, -0.05) is 13.0 Å². The van der Waals surface area contributed by atoms with Gasteiger partial charge in [-0.25, -0.2) is 0 Å². The molecule has 2 heterocycles. The first-order valence-electron chi connectivity index (χ1n) is 5.80. The van der Waals surface area contributed by atoms with E-state index < -0.39 is 6.10 Å². The van der Waals surface area contributed by atoms with Crippen LogP contribution in [-0.4, -0.2) is 19.9 Å². The molecule has 90 valence electrons. The number of aliphatic hydroxyl groups is 1. The molecule has 1 atom stereocenters. The Morgan fingerprint density at radius 3 is 2.88 bits per heavy atom. The fraction of sp³-hybridized carbons (Fsp3) is 0.385. The van der Waals surface area contributed by atoms with Gasteiger partial charge in [0.1, 0.15) is 0 Å². The van der Waals surface area contributed by atoms with E-state index in [1.165, 1.54) is 0 Å². The minimum absolute atomic E-state index is 0.524. The molecule has 0 radical (unpaired) electrons. The first-order chi connectivity index (χ1) is 8.20. The average Bonchev–Trinajstić information content (AvgIpc) is 2.71. The van der Waals surface area contributed by atoms with E-state index in [2.05, 4.69) is 17.0 Å². The molecule has 0 amide bonds. The van der Waals surface area contributed by atoms with Crippen molar-refractivity contribution in [2.45, 2.75) is 25.9 Å². The van der Waals surface area contributed by atoms with E-state index in [1.54, 1.807) is 12.4 Å². The van der Waals surface area contributed by atoms with Crippen LogP contribution in [0.15, 0.2) is 30.6 Å². The van der Waals surface area contributed by atoms with Gasteiger partial charge >= 0.3 is 0 Å². The Hall–Kier alpha value is -1.68. The molecule has 1 unspecified atom stereocenters. The van der Waals surface area contributed by atoms with Crippen molar-refractivity contribution in [3.63, 3.8) is 0 Å². The van der Waals surface area contributed by atoms with Crippen molar-refractivity contribution in [2.24, 2.45) is 7.05 Å². The number of aliphatic hydroxyl groups excluding tert-OH is 1. The molecule has 0 aliphatic heterocycles. The molecule has 0 bridgehead atoms. The van der Waals surface area contributed by atoms with Gasteiger partial charge in [-0.3, -0.25) is 9.67 Å². The van der Waals surface area contributed by atoms with E-state index >= 15 is 0 Å². The Kier molecular flexibility index (Phi) is 3.54. The summed E-state index contributed by atoms with van der Waals surface area (Å²) in [6.07, 6.45) is 4.35. The first kappa shape index (κ1) is 11.8. The van der Waals surface area contributed by atoms with E-state index in [-0.39, 0.29) is 0 Å². The molecular formula is C13H17N3O. The molecule has 1 N–H and O–H groups in total. The van der Waals surface area contributed by atoms with Crippen molar-refractivity contribution < 1.29 is 5.11 Å². The number of hydrogen-bond donors (Lipinski definition) is 1. The lowest BCUT2D eigenvalue weighted by Gasteiger charge is -2.10. The summed E-state index contributed by atoms with van der Waals surface area (Å²) in [6, 6.07) is 5.76. The number of nitrogens with zero attached hydrogens (tertiary/aromatic N) is 3. The molecule has 0 spiro atoms. The van der Waals surface area contributed by atoms with Crippen LogP contribution in [0.4, 0.5) is 0 Å². The zero-order chi connectivity index (χ0) is 12.3. The molecule has 4 heteroatoms. The lowest BCUT2D eigenvalue weighted by Crippen LogP contribution is -2.06. The molecule has 0 aliphatic carbocycles. The second-order valence-corrected chi connectivity index (χ2v) is 4.11. The van der Waals surface area contributed by atoms with Gasteiger partial charge in [0.05, 0.1) is 11.8 Å². The van der Waals surface area contributed by atoms with Crippen molar-refractivity contribution in [1.29, 1.82) is 0 Å². The molecule has 4 nitrogen and oxygen atoms in total. The van der Waals surface area contributed by atoms with E-state index in [0.29, 0.717) is 6.42 Å². The van der Waals surface area contributed by atoms with Crippen LogP contribution < -0.4 is 0 Å². The third-order valence-electron chi connectivity index (χ3n) is 2.86. The zero-order valence-corrected chi connectivity index (χ0v) is 10.2. The first-order valence-corrected chi connectivity index (χ1v) is 5.80. The highest BCUT2D eigenvalue weighted by Gasteiger charge is 2.12. The van der Waals surface area contributed by atoms with E-state index in [4.69, 9.17) is 0 Å². The summed E-state index contributed by atoms with van der Waals surface area (Å²) in [6.45, 7) is 2.07. The van der Waals surface area contributed by atoms with Gasteiger partial charge in [0.2, 0.25) is 0 Å². The van der Waals surface area contributed by atoms with Crippen molar-refractivity contribution in [3.8, 4) is 0 Å². The van der Waals surface area contributed by atoms with Gasteiger partial charge in [-0.15, -0.1) is 0 Å². The molecular weight excluding hydrogens is 214 g/mol. The van der Waals surface area contributed by atoms with Crippen molar-refractivity contribution in [3.05, 3.63) is 47.5 Å². The van der Waals surface area contributed by atoms with Gasteiger partial charge in [-0.2, -0.15) is 5.10 Å². The van der Waals surface area contributed by atoms with Crippen LogP contribution in [0.5, 0.6) is 0 Å². The summed E-state index contributed by atoms with van der Waals surface area (Å²) in [5.41, 5.74) is 2.94. The number of aryl methyl sites for hydroxylation is 2. The Morgan fingerprint density at radius 2 is 2.29 bits per heavy atom. The Balaban J connectivity index is 2.13. The molecule has 17 heavy (non-hydrogen) atoms. The van der Waals surface area contributed by atoms with Crippen LogP contribution in [0, 0.1) is 0 Å². The van der Waals surface area contributed by atoms with Crippen LogP contribution in [0.3, 0.4) is 0 Å². The average molecular weight is 231 g/mol. The third-order valence-corrected chi connectivity index (χ3v) is 2.86. The summed E-state index contributed by atoms with van der Waals surface area (Å²) >= 11 is 0. The van der Waals surface area contributed by atoms with Gasteiger partial charge in [-0.05, 0) is 24.1 Å². The lowest BCUT2D eigenvalue weighted by molar-refractivity contribution is 0.175. The summed E-state index contributed by atoms with van der Waals surface area (Å²) in [7, 11) is 1.91. The van der Waals surface area contributed by atoms with Crippen LogP contribution in [-0.2, 0) is 19.9 Å². The standard InChI is InChI=1S/C13H17N3O/c1-3-11-7-12(16(2)15-11)8-13(17)10-5-4-6-14-9-10/h4-7,9,13,17H,3,8H2,1-2H3. The highest BCUT2D eigenvalue weighted by molar-refractivity contribution is 5.17. The fourth-order valence-corrected chi connectivity index (χ4v) is 1.82. The van der Waals surface area contributed by atoms with E-state index in [1.807, 2.05) is 29.9 Å². The predicted molar refractivity (Wildman–Crippen MR) is 65.5 cm³/mol. The maximum absolute atomic E-state index is 10.1. The molecule has 0 fully saturated rings. The van der Waals surface area contributed by atoms with Gasteiger partial charge in [0, 0.05) is 31.6 Å². The number of aromatic nitrogens is 3.